The standard InChI is InChI=1S/C38H24N2/c1-2-12-27-24-28(21-20-25(27)10-1)39-35-17-7-5-15-30(35)32-22-23-33-31-16-6-8-18-36(31)40(38(33)37(32)39)34-19-9-13-26-11-3-4-14-29(26)34/h1-24H. The van der Waals surface area contributed by atoms with Gasteiger partial charge < -0.3 is 9.13 Å². The summed E-state index contributed by atoms with van der Waals surface area (Å²) in [6, 6.07) is 53.0. The van der Waals surface area contributed by atoms with Crippen LogP contribution in [-0.2, 0) is 0 Å². The predicted molar refractivity (Wildman–Crippen MR) is 170 cm³/mol. The van der Waals surface area contributed by atoms with Gasteiger partial charge in [-0.2, -0.15) is 0 Å². The summed E-state index contributed by atoms with van der Waals surface area (Å²) in [5, 5.41) is 10.0. The summed E-state index contributed by atoms with van der Waals surface area (Å²) in [7, 11) is 0. The second-order valence-corrected chi connectivity index (χ2v) is 10.6. The monoisotopic (exact) mass is 508 g/mol. The molecule has 2 heteroatoms. The highest BCUT2D eigenvalue weighted by atomic mass is 15.0. The lowest BCUT2D eigenvalue weighted by Gasteiger charge is -2.14. The summed E-state index contributed by atoms with van der Waals surface area (Å²) >= 11 is 0. The lowest BCUT2D eigenvalue weighted by Crippen LogP contribution is -1.99. The van der Waals surface area contributed by atoms with Gasteiger partial charge in [0.1, 0.15) is 0 Å². The first-order valence-electron chi connectivity index (χ1n) is 13.8. The molecule has 9 rings (SSSR count). The quantitative estimate of drug-likeness (QED) is 0.220. The molecule has 0 unspecified atom stereocenters. The van der Waals surface area contributed by atoms with Crippen molar-refractivity contribution in [2.75, 3.05) is 0 Å². The van der Waals surface area contributed by atoms with Crippen LogP contribution in [0.3, 0.4) is 0 Å². The van der Waals surface area contributed by atoms with Gasteiger partial charge in [-0.3, -0.25) is 0 Å². The van der Waals surface area contributed by atoms with E-state index in [2.05, 4.69) is 155 Å². The van der Waals surface area contributed by atoms with Crippen LogP contribution in [0.5, 0.6) is 0 Å². The van der Waals surface area contributed by atoms with Crippen LogP contribution in [0.2, 0.25) is 0 Å². The normalized spacial score (nSPS) is 12.0. The smallest absolute Gasteiger partial charge is 0.0789 e. The minimum Gasteiger partial charge on any atom is -0.307 e. The zero-order chi connectivity index (χ0) is 26.2. The van der Waals surface area contributed by atoms with Gasteiger partial charge in [-0.25, -0.2) is 0 Å². The van der Waals surface area contributed by atoms with E-state index in [9.17, 15) is 0 Å². The Morgan fingerprint density at radius 1 is 0.325 bits per heavy atom. The molecular weight excluding hydrogens is 484 g/mol. The van der Waals surface area contributed by atoms with Gasteiger partial charge in [0.15, 0.2) is 0 Å². The predicted octanol–water partition coefficient (Wildman–Crippen LogP) is 10.2. The van der Waals surface area contributed by atoms with Crippen molar-refractivity contribution >= 4 is 65.2 Å². The first-order chi connectivity index (χ1) is 19.9. The first kappa shape index (κ1) is 21.6. The minimum absolute atomic E-state index is 1.17. The Hall–Kier alpha value is -5.34. The molecule has 40 heavy (non-hydrogen) atoms. The molecule has 0 N–H and O–H groups in total. The summed E-state index contributed by atoms with van der Waals surface area (Å²) in [5.74, 6) is 0. The second-order valence-electron chi connectivity index (χ2n) is 10.6. The van der Waals surface area contributed by atoms with Crippen LogP contribution in [0.1, 0.15) is 0 Å². The Bertz CT molecular complexity index is 2430. The van der Waals surface area contributed by atoms with E-state index < -0.39 is 0 Å². The van der Waals surface area contributed by atoms with Crippen LogP contribution in [0.25, 0.3) is 76.5 Å². The van der Waals surface area contributed by atoms with Gasteiger partial charge in [-0.05, 0) is 46.5 Å². The molecule has 0 bridgehead atoms. The maximum absolute atomic E-state index is 2.49. The summed E-state index contributed by atoms with van der Waals surface area (Å²) in [5.41, 5.74) is 7.28. The highest BCUT2D eigenvalue weighted by Crippen LogP contribution is 2.42. The number of hydrogen-bond acceptors (Lipinski definition) is 0. The van der Waals surface area contributed by atoms with Gasteiger partial charge in [0.2, 0.25) is 0 Å². The van der Waals surface area contributed by atoms with E-state index in [1.807, 2.05) is 0 Å². The fraction of sp³-hybridized carbons (Fsp3) is 0. The Morgan fingerprint density at radius 2 is 0.875 bits per heavy atom. The molecule has 2 nitrogen and oxygen atoms in total. The van der Waals surface area contributed by atoms with E-state index in [1.165, 1.54) is 76.5 Å². The van der Waals surface area contributed by atoms with Crippen molar-refractivity contribution in [2.24, 2.45) is 0 Å². The largest absolute Gasteiger partial charge is 0.307 e. The van der Waals surface area contributed by atoms with Gasteiger partial charge >= 0.3 is 0 Å². The topological polar surface area (TPSA) is 9.86 Å². The molecule has 0 aliphatic rings. The number of benzene rings is 7. The molecule has 186 valence electrons. The molecule has 0 aliphatic heterocycles. The van der Waals surface area contributed by atoms with E-state index in [0.29, 0.717) is 0 Å². The maximum Gasteiger partial charge on any atom is 0.0789 e. The molecule has 0 amide bonds. The summed E-state index contributed by atoms with van der Waals surface area (Å²) in [6.07, 6.45) is 0. The Balaban J connectivity index is 1.54. The van der Waals surface area contributed by atoms with Gasteiger partial charge in [0.05, 0.1) is 27.8 Å². The number of nitrogens with zero attached hydrogens (tertiary/aromatic N) is 2. The second kappa shape index (κ2) is 8.08. The van der Waals surface area contributed by atoms with E-state index in [4.69, 9.17) is 0 Å². The molecule has 0 radical (unpaired) electrons. The van der Waals surface area contributed by atoms with Gasteiger partial charge in [0.25, 0.3) is 0 Å². The maximum atomic E-state index is 2.49. The number of aromatic nitrogens is 2. The highest BCUT2D eigenvalue weighted by molar-refractivity contribution is 6.24. The number of hydrogen-bond donors (Lipinski definition) is 0. The highest BCUT2D eigenvalue weighted by Gasteiger charge is 2.21. The summed E-state index contributed by atoms with van der Waals surface area (Å²) in [4.78, 5) is 0. The summed E-state index contributed by atoms with van der Waals surface area (Å²) in [6.45, 7) is 0. The lowest BCUT2D eigenvalue weighted by atomic mass is 10.1. The van der Waals surface area contributed by atoms with E-state index in [1.54, 1.807) is 0 Å². The Labute approximate surface area is 230 Å². The third-order valence-corrected chi connectivity index (χ3v) is 8.47. The number of rotatable bonds is 2. The zero-order valence-electron chi connectivity index (χ0n) is 21.8. The van der Waals surface area contributed by atoms with Crippen LogP contribution in [0, 0.1) is 0 Å². The van der Waals surface area contributed by atoms with Crippen molar-refractivity contribution in [2.45, 2.75) is 0 Å². The Kier molecular flexibility index (Phi) is 4.36. The molecule has 9 aromatic rings. The van der Waals surface area contributed by atoms with Gasteiger partial charge in [0, 0.05) is 32.6 Å². The van der Waals surface area contributed by atoms with Crippen molar-refractivity contribution in [3.8, 4) is 11.4 Å². The molecule has 0 spiro atoms. The van der Waals surface area contributed by atoms with Crippen molar-refractivity contribution in [1.82, 2.24) is 9.13 Å². The number of fused-ring (bicyclic) bond motifs is 9. The molecule has 0 fully saturated rings. The molecule has 7 aromatic carbocycles. The van der Waals surface area contributed by atoms with E-state index in [0.717, 1.165) is 0 Å². The van der Waals surface area contributed by atoms with E-state index in [-0.39, 0.29) is 0 Å². The summed E-state index contributed by atoms with van der Waals surface area (Å²) < 4.78 is 4.96. The van der Waals surface area contributed by atoms with Gasteiger partial charge in [-0.15, -0.1) is 0 Å². The van der Waals surface area contributed by atoms with Crippen LogP contribution < -0.4 is 0 Å². The van der Waals surface area contributed by atoms with Crippen molar-refractivity contribution in [3.63, 3.8) is 0 Å². The Morgan fingerprint density at radius 3 is 1.62 bits per heavy atom. The lowest BCUT2D eigenvalue weighted by molar-refractivity contribution is 1.16. The third kappa shape index (κ3) is 2.88. The fourth-order valence-electron chi connectivity index (χ4n) is 6.74. The first-order valence-corrected chi connectivity index (χ1v) is 13.8. The van der Waals surface area contributed by atoms with Crippen molar-refractivity contribution in [3.05, 3.63) is 146 Å². The molecule has 2 aromatic heterocycles. The average molecular weight is 509 g/mol. The fourth-order valence-corrected chi connectivity index (χ4v) is 6.74. The van der Waals surface area contributed by atoms with Crippen LogP contribution >= 0.6 is 0 Å². The van der Waals surface area contributed by atoms with Gasteiger partial charge in [-0.1, -0.05) is 115 Å². The SMILES string of the molecule is c1ccc2cc(-n3c4ccccc4c4ccc5c6ccccc6n(-c6cccc7ccccc67)c5c43)ccc2c1. The van der Waals surface area contributed by atoms with Crippen molar-refractivity contribution < 1.29 is 0 Å². The molecule has 0 saturated carbocycles. The van der Waals surface area contributed by atoms with E-state index >= 15 is 0 Å². The minimum atomic E-state index is 1.17. The van der Waals surface area contributed by atoms with Crippen LogP contribution in [-0.4, -0.2) is 9.13 Å². The average Bonchev–Trinajstić information content (AvgIpc) is 3.54. The van der Waals surface area contributed by atoms with Crippen molar-refractivity contribution in [1.29, 1.82) is 0 Å². The molecule has 0 atom stereocenters. The molecule has 0 saturated heterocycles. The molecule has 0 aliphatic carbocycles. The van der Waals surface area contributed by atoms with Crippen LogP contribution in [0.4, 0.5) is 0 Å². The molecule has 2 heterocycles. The molecular formula is C38H24N2. The third-order valence-electron chi connectivity index (χ3n) is 8.47. The van der Waals surface area contributed by atoms with Crippen LogP contribution in [0.15, 0.2) is 146 Å². The number of para-hydroxylation sites is 2. The zero-order valence-corrected chi connectivity index (χ0v) is 21.8.